The Morgan fingerprint density at radius 3 is 2.53 bits per heavy atom. The molecule has 4 heterocycles. The maximum Gasteiger partial charge on any atom is 0.227 e. The van der Waals surface area contributed by atoms with E-state index in [1.807, 2.05) is 12.3 Å². The Morgan fingerprint density at radius 1 is 0.947 bits per heavy atom. The van der Waals surface area contributed by atoms with Crippen molar-refractivity contribution in [3.63, 3.8) is 0 Å². The molecular formula is C34H34N2O2. The second kappa shape index (κ2) is 8.83. The third-order valence-corrected chi connectivity index (χ3v) is 7.48. The molecule has 0 saturated heterocycles. The van der Waals surface area contributed by atoms with Crippen LogP contribution in [0.2, 0.25) is 0 Å². The number of fused-ring (bicyclic) bond motifs is 3. The molecule has 0 atom stereocenters. The van der Waals surface area contributed by atoms with E-state index in [9.17, 15) is 0 Å². The molecule has 0 aliphatic carbocycles. The van der Waals surface area contributed by atoms with Crippen LogP contribution < -0.4 is 0 Å². The van der Waals surface area contributed by atoms with E-state index in [0.717, 1.165) is 62.0 Å². The van der Waals surface area contributed by atoms with Crippen molar-refractivity contribution in [3.05, 3.63) is 83.4 Å². The maximum absolute atomic E-state index is 6.37. The smallest absolute Gasteiger partial charge is 0.227 e. The van der Waals surface area contributed by atoms with Crippen molar-refractivity contribution in [1.29, 1.82) is 0 Å². The SMILES string of the molecule is Cc1c(CC(C)C)oc2cc(-c3cc(-c4cc(C(C)(C)C)c5ncccc5c4)nc4occ(C)c34)ccc12. The van der Waals surface area contributed by atoms with Gasteiger partial charge < -0.3 is 8.83 Å². The van der Waals surface area contributed by atoms with Gasteiger partial charge in [-0.1, -0.05) is 52.8 Å². The average Bonchev–Trinajstić information content (AvgIpc) is 3.40. The average molecular weight is 503 g/mol. The van der Waals surface area contributed by atoms with Gasteiger partial charge in [0.1, 0.15) is 11.3 Å². The predicted molar refractivity (Wildman–Crippen MR) is 157 cm³/mol. The summed E-state index contributed by atoms with van der Waals surface area (Å²) in [7, 11) is 0. The summed E-state index contributed by atoms with van der Waals surface area (Å²) in [5.41, 5.74) is 10.2. The summed E-state index contributed by atoms with van der Waals surface area (Å²) in [6.07, 6.45) is 4.60. The molecule has 192 valence electrons. The van der Waals surface area contributed by atoms with E-state index in [4.69, 9.17) is 18.8 Å². The van der Waals surface area contributed by atoms with Crippen molar-refractivity contribution in [2.24, 2.45) is 5.92 Å². The van der Waals surface area contributed by atoms with Gasteiger partial charge in [-0.25, -0.2) is 4.98 Å². The lowest BCUT2D eigenvalue weighted by Crippen LogP contribution is -2.12. The normalized spacial score (nSPS) is 12.4. The van der Waals surface area contributed by atoms with Crippen LogP contribution in [0.4, 0.5) is 0 Å². The van der Waals surface area contributed by atoms with Gasteiger partial charge in [0, 0.05) is 29.0 Å². The Morgan fingerprint density at radius 2 is 1.76 bits per heavy atom. The zero-order valence-corrected chi connectivity index (χ0v) is 23.3. The highest BCUT2D eigenvalue weighted by atomic mass is 16.3. The lowest BCUT2D eigenvalue weighted by Gasteiger charge is -2.22. The van der Waals surface area contributed by atoms with Crippen LogP contribution in [0.1, 0.15) is 57.1 Å². The molecule has 0 radical (unpaired) electrons. The van der Waals surface area contributed by atoms with Crippen LogP contribution in [0.15, 0.2) is 69.8 Å². The van der Waals surface area contributed by atoms with E-state index in [0.29, 0.717) is 11.6 Å². The molecule has 0 fully saturated rings. The molecule has 0 bridgehead atoms. The van der Waals surface area contributed by atoms with Crippen LogP contribution in [0, 0.1) is 19.8 Å². The van der Waals surface area contributed by atoms with E-state index in [-0.39, 0.29) is 5.41 Å². The third kappa shape index (κ3) is 4.09. The molecule has 6 aromatic rings. The molecule has 38 heavy (non-hydrogen) atoms. The van der Waals surface area contributed by atoms with Crippen LogP contribution in [-0.2, 0) is 11.8 Å². The van der Waals surface area contributed by atoms with Crippen molar-refractivity contribution in [3.8, 4) is 22.4 Å². The molecule has 0 saturated carbocycles. The highest BCUT2D eigenvalue weighted by molar-refractivity contribution is 5.99. The lowest BCUT2D eigenvalue weighted by atomic mass is 9.83. The Kier molecular flexibility index (Phi) is 5.68. The number of hydrogen-bond donors (Lipinski definition) is 0. The molecule has 0 spiro atoms. The van der Waals surface area contributed by atoms with Gasteiger partial charge in [-0.05, 0) is 83.3 Å². The molecule has 0 aliphatic rings. The van der Waals surface area contributed by atoms with Gasteiger partial charge in [-0.3, -0.25) is 4.98 Å². The first kappa shape index (κ1) is 24.4. The van der Waals surface area contributed by atoms with E-state index >= 15 is 0 Å². The lowest BCUT2D eigenvalue weighted by molar-refractivity contribution is 0.496. The van der Waals surface area contributed by atoms with Gasteiger partial charge in [-0.2, -0.15) is 0 Å². The summed E-state index contributed by atoms with van der Waals surface area (Å²) >= 11 is 0. The Bertz CT molecular complexity index is 1830. The van der Waals surface area contributed by atoms with E-state index < -0.39 is 0 Å². The summed E-state index contributed by atoms with van der Waals surface area (Å²) in [6.45, 7) is 15.4. The minimum absolute atomic E-state index is 0.0628. The molecule has 0 unspecified atom stereocenters. The summed E-state index contributed by atoms with van der Waals surface area (Å²) in [6, 6.07) is 17.3. The van der Waals surface area contributed by atoms with Crippen LogP contribution in [-0.4, -0.2) is 9.97 Å². The molecule has 4 nitrogen and oxygen atoms in total. The van der Waals surface area contributed by atoms with Crippen molar-refractivity contribution in [2.75, 3.05) is 0 Å². The molecule has 0 amide bonds. The second-order valence-corrected chi connectivity index (χ2v) is 12.0. The third-order valence-electron chi connectivity index (χ3n) is 7.48. The Hall–Kier alpha value is -3.92. The summed E-state index contributed by atoms with van der Waals surface area (Å²) in [5, 5.41) is 3.33. The number of aryl methyl sites for hydroxylation is 2. The van der Waals surface area contributed by atoms with Gasteiger partial charge in [0.05, 0.1) is 22.9 Å². The van der Waals surface area contributed by atoms with Gasteiger partial charge in [-0.15, -0.1) is 0 Å². The maximum atomic E-state index is 6.37. The standard InChI is InChI=1S/C34H34N2O2/c1-19(2)13-29-21(4)25-11-10-22(16-30(25)38-29)26-17-28(36-33-31(26)20(3)18-37-33)24-14-23-9-8-12-35-32(23)27(15-24)34(5,6)7/h8-12,14-19H,13H2,1-7H3. The molecule has 4 heteroatoms. The van der Waals surface area contributed by atoms with Gasteiger partial charge in [0.2, 0.25) is 5.71 Å². The predicted octanol–water partition coefficient (Wildman–Crippen LogP) is 9.57. The fraction of sp³-hybridized carbons (Fsp3) is 0.294. The number of benzene rings is 2. The van der Waals surface area contributed by atoms with Crippen molar-refractivity contribution < 1.29 is 8.83 Å². The molecule has 2 aromatic carbocycles. The van der Waals surface area contributed by atoms with Crippen LogP contribution >= 0.6 is 0 Å². The first-order chi connectivity index (χ1) is 18.1. The van der Waals surface area contributed by atoms with E-state index in [1.54, 1.807) is 6.26 Å². The van der Waals surface area contributed by atoms with Crippen LogP contribution in [0.3, 0.4) is 0 Å². The minimum atomic E-state index is -0.0628. The van der Waals surface area contributed by atoms with E-state index in [1.165, 1.54) is 16.5 Å². The molecule has 0 aliphatic heterocycles. The Balaban J connectivity index is 1.57. The van der Waals surface area contributed by atoms with Crippen molar-refractivity contribution in [2.45, 2.75) is 60.3 Å². The van der Waals surface area contributed by atoms with Crippen LogP contribution in [0.5, 0.6) is 0 Å². The fourth-order valence-electron chi connectivity index (χ4n) is 5.49. The molecular weight excluding hydrogens is 468 g/mol. The largest absolute Gasteiger partial charge is 0.461 e. The molecule has 0 N–H and O–H groups in total. The van der Waals surface area contributed by atoms with E-state index in [2.05, 4.69) is 90.9 Å². The Labute approximate surface area is 223 Å². The summed E-state index contributed by atoms with van der Waals surface area (Å²) < 4.78 is 12.3. The molecule has 4 aromatic heterocycles. The second-order valence-electron chi connectivity index (χ2n) is 12.0. The number of rotatable bonds is 4. The van der Waals surface area contributed by atoms with Crippen LogP contribution in [0.25, 0.3) is 55.4 Å². The highest BCUT2D eigenvalue weighted by Gasteiger charge is 2.21. The monoisotopic (exact) mass is 502 g/mol. The van der Waals surface area contributed by atoms with Crippen molar-refractivity contribution in [1.82, 2.24) is 9.97 Å². The number of furan rings is 2. The highest BCUT2D eigenvalue weighted by Crippen LogP contribution is 2.39. The number of aromatic nitrogens is 2. The van der Waals surface area contributed by atoms with Crippen molar-refractivity contribution >= 4 is 33.0 Å². The number of nitrogens with zero attached hydrogens (tertiary/aromatic N) is 2. The number of hydrogen-bond acceptors (Lipinski definition) is 4. The minimum Gasteiger partial charge on any atom is -0.461 e. The van der Waals surface area contributed by atoms with Gasteiger partial charge in [0.15, 0.2) is 0 Å². The van der Waals surface area contributed by atoms with Gasteiger partial charge >= 0.3 is 0 Å². The summed E-state index contributed by atoms with van der Waals surface area (Å²) in [4.78, 5) is 9.69. The fourth-order valence-corrected chi connectivity index (χ4v) is 5.49. The zero-order chi connectivity index (χ0) is 26.8. The number of pyridine rings is 2. The summed E-state index contributed by atoms with van der Waals surface area (Å²) in [5.74, 6) is 1.62. The first-order valence-corrected chi connectivity index (χ1v) is 13.4. The first-order valence-electron chi connectivity index (χ1n) is 13.4. The zero-order valence-electron chi connectivity index (χ0n) is 23.3. The van der Waals surface area contributed by atoms with Gasteiger partial charge in [0.25, 0.3) is 0 Å². The topological polar surface area (TPSA) is 52.1 Å². The quantitative estimate of drug-likeness (QED) is 0.241. The molecule has 6 rings (SSSR count).